The van der Waals surface area contributed by atoms with Crippen LogP contribution in [0, 0.1) is 0 Å². The van der Waals surface area contributed by atoms with Crippen molar-refractivity contribution in [1.29, 1.82) is 0 Å². The predicted octanol–water partition coefficient (Wildman–Crippen LogP) is 13.0. The first-order valence-electron chi connectivity index (χ1n) is 23.5. The molecule has 0 aliphatic heterocycles. The smallest absolute Gasteiger partial charge is 0.261 e. The first-order valence-corrected chi connectivity index (χ1v) is 27.3. The van der Waals surface area contributed by atoms with Gasteiger partial charge >= 0.3 is 0 Å². The number of nitrogens with zero attached hydrogens (tertiary/aromatic N) is 3. The van der Waals surface area contributed by atoms with Crippen LogP contribution in [0.3, 0.4) is 0 Å². The molecule has 0 unspecified atom stereocenters. The van der Waals surface area contributed by atoms with Gasteiger partial charge in [0.25, 0.3) is 16.6 Å². The average Bonchev–Trinajstić information content (AvgIpc) is 3.27. The lowest BCUT2D eigenvalue weighted by Crippen LogP contribution is -2.66. The van der Waals surface area contributed by atoms with Gasteiger partial charge in [0.1, 0.15) is 0 Å². The lowest BCUT2D eigenvalue weighted by atomic mass is 10.1. The number of allylic oxidation sites excluding steroid dienone is 4. The highest BCUT2D eigenvalue weighted by Crippen LogP contribution is 2.38. The van der Waals surface area contributed by atoms with E-state index in [-0.39, 0.29) is 10.1 Å². The van der Waals surface area contributed by atoms with Crippen LogP contribution in [0.25, 0.3) is 10.4 Å². The summed E-state index contributed by atoms with van der Waals surface area (Å²) in [6.45, 7) is 16.5. The average molecular weight is 874 g/mol. The van der Waals surface area contributed by atoms with Crippen LogP contribution in [0.15, 0.2) is 151 Å². The molecule has 0 aliphatic carbocycles. The van der Waals surface area contributed by atoms with Gasteiger partial charge in [0, 0.05) is 31.3 Å². The molecule has 0 atom stereocenters. The van der Waals surface area contributed by atoms with Gasteiger partial charge in [0.15, 0.2) is 0 Å². The molecule has 4 aromatic carbocycles. The SMILES string of the molecule is CC(C)(C)[Si](OCCCCC/C=C\CCCCN=[N+]=[N-])(c1ccccc1)c1ccccc1.CC(C)(C)[Si](OCCCCC/C=C\CCCCO)(c1ccccc1)c1ccccc1. The zero-order valence-corrected chi connectivity index (χ0v) is 41.2. The second kappa shape index (κ2) is 29.4. The topological polar surface area (TPSA) is 87.5 Å². The van der Waals surface area contributed by atoms with Crippen molar-refractivity contribution in [3.63, 3.8) is 0 Å². The van der Waals surface area contributed by atoms with Gasteiger partial charge in [0.2, 0.25) is 0 Å². The number of aliphatic hydroxyl groups excluding tert-OH is 1. The molecular weight excluding hydrogens is 795 g/mol. The monoisotopic (exact) mass is 874 g/mol. The maximum atomic E-state index is 8.81. The highest BCUT2D eigenvalue weighted by Gasteiger charge is 2.51. The van der Waals surface area contributed by atoms with E-state index in [2.05, 4.69) is 197 Å². The minimum atomic E-state index is -2.39. The van der Waals surface area contributed by atoms with Crippen LogP contribution in [-0.2, 0) is 8.85 Å². The Balaban J connectivity index is 0.000000331. The lowest BCUT2D eigenvalue weighted by molar-refractivity contribution is 0.285. The van der Waals surface area contributed by atoms with E-state index >= 15 is 0 Å². The molecule has 0 saturated carbocycles. The molecule has 0 radical (unpaired) electrons. The highest BCUT2D eigenvalue weighted by molar-refractivity contribution is 7.00. The van der Waals surface area contributed by atoms with Gasteiger partial charge in [-0.15, -0.1) is 0 Å². The highest BCUT2D eigenvalue weighted by atomic mass is 28.4. The lowest BCUT2D eigenvalue weighted by Gasteiger charge is -2.43. The van der Waals surface area contributed by atoms with Gasteiger partial charge in [-0.1, -0.05) is 205 Å². The van der Waals surface area contributed by atoms with Crippen molar-refractivity contribution in [2.45, 2.75) is 142 Å². The standard InChI is InChI=1S/C27H39N3OSi.C27H40O2Si/c1-27(2,3)32(25-19-13-11-14-20-25,26-21-15-12-16-22-26)31-24-18-10-8-6-4-5-7-9-17-23-29-30-28;1-27(2,3)30(25-19-13-11-14-20-25,26-21-15-12-16-22-26)29-24-18-10-8-6-4-5-7-9-17-23-28/h4-5,11-16,19-22H,6-10,17-18,23-24H2,1-3H3;4-5,11-16,19-22,28H,6-10,17-18,23-24H2,1-3H3/b2*5-4-. The zero-order valence-electron chi connectivity index (χ0n) is 39.2. The summed E-state index contributed by atoms with van der Waals surface area (Å²) in [6.07, 6.45) is 24.5. The maximum Gasteiger partial charge on any atom is 0.261 e. The third kappa shape index (κ3) is 16.9. The molecule has 4 rings (SSSR count). The molecule has 0 amide bonds. The first kappa shape index (κ1) is 52.3. The molecule has 4 aromatic rings. The van der Waals surface area contributed by atoms with E-state index in [0.717, 1.165) is 77.4 Å². The maximum absolute atomic E-state index is 8.81. The number of azide groups is 1. The fourth-order valence-corrected chi connectivity index (χ4v) is 17.6. The Morgan fingerprint density at radius 1 is 0.468 bits per heavy atom. The normalized spacial score (nSPS) is 12.3. The van der Waals surface area contributed by atoms with Crippen molar-refractivity contribution >= 4 is 37.4 Å². The molecule has 336 valence electrons. The van der Waals surface area contributed by atoms with Crippen molar-refractivity contribution in [3.8, 4) is 0 Å². The van der Waals surface area contributed by atoms with E-state index in [1.165, 1.54) is 46.4 Å². The first-order chi connectivity index (χ1) is 30.0. The molecule has 0 spiro atoms. The van der Waals surface area contributed by atoms with Crippen molar-refractivity contribution < 1.29 is 14.0 Å². The summed E-state index contributed by atoms with van der Waals surface area (Å²) in [4.78, 5) is 2.78. The van der Waals surface area contributed by atoms with Gasteiger partial charge in [-0.25, -0.2) is 0 Å². The van der Waals surface area contributed by atoms with E-state index in [1.54, 1.807) is 0 Å². The third-order valence-electron chi connectivity index (χ3n) is 11.6. The molecule has 0 aromatic heterocycles. The molecule has 0 aliphatic rings. The van der Waals surface area contributed by atoms with Gasteiger partial charge < -0.3 is 14.0 Å². The Labute approximate surface area is 378 Å². The number of hydrogen-bond donors (Lipinski definition) is 1. The molecule has 62 heavy (non-hydrogen) atoms. The Morgan fingerprint density at radius 2 is 0.774 bits per heavy atom. The summed E-state index contributed by atoms with van der Waals surface area (Å²) in [7, 11) is -4.77. The van der Waals surface area contributed by atoms with Gasteiger partial charge in [-0.05, 0) is 113 Å². The fraction of sp³-hybridized carbons (Fsp3) is 0.481. The van der Waals surface area contributed by atoms with E-state index in [0.29, 0.717) is 13.2 Å². The van der Waals surface area contributed by atoms with Crippen LogP contribution < -0.4 is 20.7 Å². The molecular formula is C54H79N3O3Si2. The summed E-state index contributed by atoms with van der Waals surface area (Å²) >= 11 is 0. The van der Waals surface area contributed by atoms with Crippen LogP contribution in [0.1, 0.15) is 131 Å². The Bertz CT molecular complexity index is 1760. The minimum Gasteiger partial charge on any atom is -0.407 e. The molecule has 0 saturated heterocycles. The number of unbranched alkanes of at least 4 members (excludes halogenated alkanes) is 10. The van der Waals surface area contributed by atoms with Crippen molar-refractivity contribution in [3.05, 3.63) is 156 Å². The fourth-order valence-electron chi connectivity index (χ4n) is 8.39. The summed E-state index contributed by atoms with van der Waals surface area (Å²) in [5, 5.41) is 17.9. The molecule has 1 N–H and O–H groups in total. The van der Waals surface area contributed by atoms with E-state index in [4.69, 9.17) is 19.5 Å². The van der Waals surface area contributed by atoms with Crippen molar-refractivity contribution in [2.75, 3.05) is 26.4 Å². The number of hydrogen-bond acceptors (Lipinski definition) is 4. The molecule has 0 bridgehead atoms. The Kier molecular flexibility index (Phi) is 24.8. The Hall–Kier alpha value is -4.02. The summed E-state index contributed by atoms with van der Waals surface area (Å²) in [5.41, 5.74) is 8.27. The number of aliphatic hydroxyl groups is 1. The van der Waals surface area contributed by atoms with Crippen LogP contribution in [-0.4, -0.2) is 48.1 Å². The molecule has 6 nitrogen and oxygen atoms in total. The van der Waals surface area contributed by atoms with E-state index in [9.17, 15) is 0 Å². The molecule has 0 fully saturated rings. The van der Waals surface area contributed by atoms with E-state index in [1.807, 2.05) is 0 Å². The van der Waals surface area contributed by atoms with Crippen molar-refractivity contribution in [2.24, 2.45) is 5.11 Å². The Morgan fingerprint density at radius 3 is 1.06 bits per heavy atom. The summed E-state index contributed by atoms with van der Waals surface area (Å²) < 4.78 is 13.9. The van der Waals surface area contributed by atoms with Crippen molar-refractivity contribution in [1.82, 2.24) is 0 Å². The van der Waals surface area contributed by atoms with Crippen LogP contribution in [0.5, 0.6) is 0 Å². The second-order valence-electron chi connectivity index (χ2n) is 18.3. The summed E-state index contributed by atoms with van der Waals surface area (Å²) in [6, 6.07) is 43.5. The third-order valence-corrected chi connectivity index (χ3v) is 21.6. The number of rotatable bonds is 27. The second-order valence-corrected chi connectivity index (χ2v) is 26.9. The van der Waals surface area contributed by atoms with Gasteiger partial charge in [0.05, 0.1) is 0 Å². The van der Waals surface area contributed by atoms with Gasteiger partial charge in [-0.3, -0.25) is 0 Å². The predicted molar refractivity (Wildman–Crippen MR) is 271 cm³/mol. The van der Waals surface area contributed by atoms with Crippen LogP contribution >= 0.6 is 0 Å². The molecule has 0 heterocycles. The largest absolute Gasteiger partial charge is 0.407 e. The van der Waals surface area contributed by atoms with Crippen LogP contribution in [0.4, 0.5) is 0 Å². The summed E-state index contributed by atoms with van der Waals surface area (Å²) in [5.74, 6) is 0. The number of benzene rings is 4. The van der Waals surface area contributed by atoms with E-state index < -0.39 is 16.6 Å². The molecule has 8 heteroatoms. The zero-order chi connectivity index (χ0) is 44.8. The van der Waals surface area contributed by atoms with Crippen LogP contribution in [0.2, 0.25) is 10.1 Å². The quantitative estimate of drug-likeness (QED) is 0.0162. The van der Waals surface area contributed by atoms with Gasteiger partial charge in [-0.2, -0.15) is 0 Å². The minimum absolute atomic E-state index is 0.0387.